The highest BCUT2D eigenvalue weighted by Gasteiger charge is 2.44. The molecule has 0 spiro atoms. The van der Waals surface area contributed by atoms with Gasteiger partial charge in [-0.25, -0.2) is 13.2 Å². The van der Waals surface area contributed by atoms with E-state index in [0.29, 0.717) is 17.0 Å². The zero-order valence-corrected chi connectivity index (χ0v) is 18.7. The third-order valence-electron chi connectivity index (χ3n) is 4.95. The number of nitriles is 1. The van der Waals surface area contributed by atoms with Gasteiger partial charge in [-0.3, -0.25) is 4.99 Å². The Morgan fingerprint density at radius 1 is 1.21 bits per heavy atom. The molecule has 2 aromatic rings. The molecule has 5 N–H and O–H groups in total. The van der Waals surface area contributed by atoms with Crippen molar-refractivity contribution in [1.29, 1.82) is 5.26 Å². The third-order valence-corrected chi connectivity index (χ3v) is 6.41. The van der Waals surface area contributed by atoms with Crippen molar-refractivity contribution in [2.45, 2.75) is 34.7 Å². The summed E-state index contributed by atoms with van der Waals surface area (Å²) in [4.78, 5) is 4.59. The zero-order valence-electron chi connectivity index (χ0n) is 17.1. The number of halogens is 4. The lowest BCUT2D eigenvalue weighted by Crippen LogP contribution is -2.56. The van der Waals surface area contributed by atoms with E-state index in [4.69, 9.17) is 27.4 Å². The Kier molecular flexibility index (Phi) is 8.53. The smallest absolute Gasteiger partial charge is 0.194 e. The van der Waals surface area contributed by atoms with Gasteiger partial charge in [0.05, 0.1) is 17.2 Å². The molecule has 3 unspecified atom stereocenters. The van der Waals surface area contributed by atoms with Gasteiger partial charge < -0.3 is 25.9 Å². The molecule has 34 heavy (non-hydrogen) atoms. The van der Waals surface area contributed by atoms with Gasteiger partial charge in [0.1, 0.15) is 41.6 Å². The second-order valence-corrected chi connectivity index (χ2v) is 8.69. The number of aliphatic hydroxyl groups excluding tert-OH is 3. The monoisotopic (exact) mass is 514 g/mol. The topological polar surface area (TPSA) is 144 Å². The minimum atomic E-state index is -1.67. The quantitative estimate of drug-likeness (QED) is 0.199. The van der Waals surface area contributed by atoms with Crippen LogP contribution in [0.15, 0.2) is 45.3 Å². The van der Waals surface area contributed by atoms with Gasteiger partial charge in [-0.1, -0.05) is 23.4 Å². The summed E-state index contributed by atoms with van der Waals surface area (Å²) < 4.78 is 46.0. The van der Waals surface area contributed by atoms with E-state index >= 15 is 0 Å². The molecule has 0 bridgehead atoms. The maximum Gasteiger partial charge on any atom is 0.194 e. The maximum absolute atomic E-state index is 13.6. The summed E-state index contributed by atoms with van der Waals surface area (Å²) in [5.41, 5.74) is -1.25. The largest absolute Gasteiger partial charge is 0.394 e. The second kappa shape index (κ2) is 11.2. The van der Waals surface area contributed by atoms with E-state index in [9.17, 15) is 28.5 Å². The SMILES string of the molecule is N#Cc1ccc(S[C@H]2OC(CO)[C@H](O)C(N=CC(=NN)c3cc(F)c(F)c(F)c3)C2O)cc1Cl. The number of hydrogen-bond donors (Lipinski definition) is 4. The molecule has 1 saturated heterocycles. The van der Waals surface area contributed by atoms with Crippen LogP contribution < -0.4 is 5.84 Å². The molecular formula is C21H18ClF3N4O4S. The molecule has 2 aromatic carbocycles. The van der Waals surface area contributed by atoms with Crippen molar-refractivity contribution in [1.82, 2.24) is 0 Å². The van der Waals surface area contributed by atoms with Gasteiger partial charge in [0, 0.05) is 16.7 Å². The fourth-order valence-corrected chi connectivity index (χ4v) is 4.56. The molecule has 180 valence electrons. The van der Waals surface area contributed by atoms with Gasteiger partial charge in [-0.05, 0) is 30.3 Å². The Hall–Kier alpha value is -2.66. The Bertz CT molecular complexity index is 1140. The third kappa shape index (κ3) is 5.52. The number of thioether (sulfide) groups is 1. The van der Waals surface area contributed by atoms with E-state index < -0.39 is 53.8 Å². The average Bonchev–Trinajstić information content (AvgIpc) is 2.81. The van der Waals surface area contributed by atoms with Gasteiger partial charge in [-0.2, -0.15) is 10.4 Å². The predicted octanol–water partition coefficient (Wildman–Crippen LogP) is 1.96. The highest BCUT2D eigenvalue weighted by molar-refractivity contribution is 7.99. The summed E-state index contributed by atoms with van der Waals surface area (Å²) in [7, 11) is 0. The van der Waals surface area contributed by atoms with Crippen LogP contribution in [0.3, 0.4) is 0 Å². The molecule has 5 atom stereocenters. The molecule has 0 radical (unpaired) electrons. The number of aliphatic hydroxyl groups is 3. The van der Waals surface area contributed by atoms with Crippen molar-refractivity contribution < 1.29 is 33.2 Å². The molecule has 1 fully saturated rings. The summed E-state index contributed by atoms with van der Waals surface area (Å²) in [5, 5.41) is 43.5. The first-order valence-electron chi connectivity index (χ1n) is 9.64. The van der Waals surface area contributed by atoms with Crippen molar-refractivity contribution >= 4 is 35.3 Å². The zero-order chi connectivity index (χ0) is 25.0. The lowest BCUT2D eigenvalue weighted by molar-refractivity contribution is -0.159. The van der Waals surface area contributed by atoms with Crippen molar-refractivity contribution in [3.8, 4) is 6.07 Å². The van der Waals surface area contributed by atoms with Crippen LogP contribution in [0.25, 0.3) is 0 Å². The van der Waals surface area contributed by atoms with Crippen LogP contribution >= 0.6 is 23.4 Å². The van der Waals surface area contributed by atoms with Crippen LogP contribution in [-0.2, 0) is 4.74 Å². The number of ether oxygens (including phenoxy) is 1. The van der Waals surface area contributed by atoms with E-state index in [2.05, 4.69) is 10.1 Å². The Morgan fingerprint density at radius 2 is 1.88 bits per heavy atom. The lowest BCUT2D eigenvalue weighted by Gasteiger charge is -2.40. The average molecular weight is 515 g/mol. The Morgan fingerprint density at radius 3 is 2.44 bits per heavy atom. The first kappa shape index (κ1) is 26.0. The summed E-state index contributed by atoms with van der Waals surface area (Å²) in [6.45, 7) is -0.600. The summed E-state index contributed by atoms with van der Waals surface area (Å²) >= 11 is 7.05. The van der Waals surface area contributed by atoms with Crippen LogP contribution in [0.1, 0.15) is 11.1 Å². The van der Waals surface area contributed by atoms with Gasteiger partial charge in [0.15, 0.2) is 17.5 Å². The van der Waals surface area contributed by atoms with Gasteiger partial charge in [0.2, 0.25) is 0 Å². The first-order valence-corrected chi connectivity index (χ1v) is 10.9. The van der Waals surface area contributed by atoms with E-state index in [1.807, 2.05) is 6.07 Å². The standard InChI is InChI=1S/C21H18ClF3N4O4S/c22-12-5-11(2-1-9(12)6-26)34-21-20(32)18(19(31)16(8-30)33-21)28-7-15(29-27)10-3-13(23)17(25)14(24)4-10/h1-5,7,16,18-21,30-32H,8,27H2/t16?,18?,19-,20?,21+/m0/s1. The van der Waals surface area contributed by atoms with Crippen LogP contribution in [0.2, 0.25) is 5.02 Å². The van der Waals surface area contributed by atoms with E-state index in [-0.39, 0.29) is 21.9 Å². The molecule has 13 heteroatoms. The van der Waals surface area contributed by atoms with Crippen molar-refractivity contribution in [2.24, 2.45) is 15.9 Å². The van der Waals surface area contributed by atoms with Gasteiger partial charge in [0.25, 0.3) is 0 Å². The maximum atomic E-state index is 13.6. The molecule has 0 aromatic heterocycles. The molecule has 0 aliphatic carbocycles. The molecule has 8 nitrogen and oxygen atoms in total. The van der Waals surface area contributed by atoms with Crippen LogP contribution in [0.4, 0.5) is 13.2 Å². The molecular weight excluding hydrogens is 497 g/mol. The number of benzene rings is 2. The van der Waals surface area contributed by atoms with Crippen LogP contribution in [-0.4, -0.2) is 63.6 Å². The Labute approximate surface area is 201 Å². The van der Waals surface area contributed by atoms with Crippen molar-refractivity contribution in [3.63, 3.8) is 0 Å². The fourth-order valence-electron chi connectivity index (χ4n) is 3.18. The molecule has 1 aliphatic rings. The number of hydrazone groups is 1. The molecule has 3 rings (SSSR count). The fraction of sp³-hybridized carbons (Fsp3) is 0.286. The summed E-state index contributed by atoms with van der Waals surface area (Å²) in [6, 6.07) is 6.55. The highest BCUT2D eigenvalue weighted by atomic mass is 35.5. The molecule has 0 amide bonds. The minimum absolute atomic E-state index is 0.189. The number of nitrogens with two attached hydrogens (primary N) is 1. The number of hydrogen-bond acceptors (Lipinski definition) is 9. The van der Waals surface area contributed by atoms with E-state index in [1.165, 1.54) is 12.1 Å². The van der Waals surface area contributed by atoms with Crippen molar-refractivity contribution in [3.05, 3.63) is 63.9 Å². The van der Waals surface area contributed by atoms with Crippen LogP contribution in [0, 0.1) is 28.8 Å². The van der Waals surface area contributed by atoms with Gasteiger partial charge >= 0.3 is 0 Å². The van der Waals surface area contributed by atoms with Crippen molar-refractivity contribution in [2.75, 3.05) is 6.61 Å². The number of rotatable bonds is 6. The van der Waals surface area contributed by atoms with Crippen LogP contribution in [0.5, 0.6) is 0 Å². The Balaban J connectivity index is 1.86. The molecule has 1 heterocycles. The summed E-state index contributed by atoms with van der Waals surface area (Å²) in [6.07, 6.45) is -3.05. The second-order valence-electron chi connectivity index (χ2n) is 7.11. The van der Waals surface area contributed by atoms with E-state index in [0.717, 1.165) is 18.0 Å². The first-order chi connectivity index (χ1) is 16.2. The normalized spacial score (nSPS) is 25.5. The number of aliphatic imine (C=N–C) groups is 1. The summed E-state index contributed by atoms with van der Waals surface area (Å²) in [5.74, 6) is 0.683. The number of nitrogens with zero attached hydrogens (tertiary/aromatic N) is 3. The predicted molar refractivity (Wildman–Crippen MR) is 119 cm³/mol. The molecule has 1 aliphatic heterocycles. The molecule has 0 saturated carbocycles. The van der Waals surface area contributed by atoms with Gasteiger partial charge in [-0.15, -0.1) is 0 Å². The minimum Gasteiger partial charge on any atom is -0.394 e. The highest BCUT2D eigenvalue weighted by Crippen LogP contribution is 2.35. The lowest BCUT2D eigenvalue weighted by atomic mass is 9.98. The van der Waals surface area contributed by atoms with E-state index in [1.54, 1.807) is 6.07 Å².